The Balaban J connectivity index is 1.70. The zero-order valence-corrected chi connectivity index (χ0v) is 14.9. The van der Waals surface area contributed by atoms with Crippen LogP contribution in [0.4, 0.5) is 4.39 Å². The van der Waals surface area contributed by atoms with E-state index in [4.69, 9.17) is 0 Å². The fraction of sp³-hybridized carbons (Fsp3) is 0.650. The van der Waals surface area contributed by atoms with E-state index in [2.05, 4.69) is 24.1 Å². The molecule has 2 fully saturated rings. The standard InChI is InChI=1S/C20H29FN2O/c1-3-4-15(2)14-23-11-9-20(10-12-23)18(13-22-19(20)24)16-5-7-17(21)8-6-16/h5-8,15,18H,3-4,9-14H2,1-2H3,(H,22,24). The summed E-state index contributed by atoms with van der Waals surface area (Å²) in [5, 5.41) is 3.07. The van der Waals surface area contributed by atoms with Crippen molar-refractivity contribution in [3.8, 4) is 0 Å². The van der Waals surface area contributed by atoms with Crippen molar-refractivity contribution in [1.82, 2.24) is 10.2 Å². The van der Waals surface area contributed by atoms with Crippen LogP contribution >= 0.6 is 0 Å². The zero-order valence-electron chi connectivity index (χ0n) is 14.9. The van der Waals surface area contributed by atoms with Crippen LogP contribution in [0.5, 0.6) is 0 Å². The van der Waals surface area contributed by atoms with Crippen molar-refractivity contribution in [3.05, 3.63) is 35.6 Å². The first-order valence-electron chi connectivity index (χ1n) is 9.31. The summed E-state index contributed by atoms with van der Waals surface area (Å²) < 4.78 is 13.2. The number of benzene rings is 1. The van der Waals surface area contributed by atoms with E-state index in [1.54, 1.807) is 0 Å². The SMILES string of the molecule is CCCC(C)CN1CCC2(CC1)C(=O)NCC2c1ccc(F)cc1. The molecule has 1 spiro atoms. The molecule has 1 aromatic carbocycles. The van der Waals surface area contributed by atoms with E-state index in [0.717, 1.165) is 38.0 Å². The van der Waals surface area contributed by atoms with Crippen LogP contribution in [0.25, 0.3) is 0 Å². The van der Waals surface area contributed by atoms with Crippen LogP contribution in [-0.4, -0.2) is 37.0 Å². The minimum absolute atomic E-state index is 0.167. The zero-order chi connectivity index (χ0) is 17.2. The molecular weight excluding hydrogens is 303 g/mol. The molecule has 1 amide bonds. The average Bonchev–Trinajstić information content (AvgIpc) is 2.88. The van der Waals surface area contributed by atoms with Gasteiger partial charge in [0.1, 0.15) is 5.82 Å². The van der Waals surface area contributed by atoms with E-state index >= 15 is 0 Å². The molecule has 0 aromatic heterocycles. The number of rotatable bonds is 5. The molecule has 3 nitrogen and oxygen atoms in total. The summed E-state index contributed by atoms with van der Waals surface area (Å²) in [6.45, 7) is 8.33. The number of likely N-dealkylation sites (tertiary alicyclic amines) is 1. The predicted molar refractivity (Wildman–Crippen MR) is 94.3 cm³/mol. The van der Waals surface area contributed by atoms with Crippen LogP contribution in [0.2, 0.25) is 0 Å². The van der Waals surface area contributed by atoms with E-state index in [0.29, 0.717) is 12.5 Å². The molecule has 2 saturated heterocycles. The monoisotopic (exact) mass is 332 g/mol. The lowest BCUT2D eigenvalue weighted by atomic mass is 9.68. The lowest BCUT2D eigenvalue weighted by Crippen LogP contribution is -2.47. The van der Waals surface area contributed by atoms with Gasteiger partial charge < -0.3 is 10.2 Å². The highest BCUT2D eigenvalue weighted by Crippen LogP contribution is 2.47. The van der Waals surface area contributed by atoms with Crippen molar-refractivity contribution < 1.29 is 9.18 Å². The van der Waals surface area contributed by atoms with Crippen molar-refractivity contribution in [2.45, 2.75) is 45.4 Å². The number of carbonyl (C=O) groups excluding carboxylic acids is 1. The Bertz CT molecular complexity index is 564. The third kappa shape index (κ3) is 3.34. The van der Waals surface area contributed by atoms with Crippen molar-refractivity contribution in [3.63, 3.8) is 0 Å². The van der Waals surface area contributed by atoms with Gasteiger partial charge in [-0.2, -0.15) is 0 Å². The molecule has 1 N–H and O–H groups in total. The van der Waals surface area contributed by atoms with Crippen LogP contribution in [0.1, 0.15) is 51.0 Å². The third-order valence-electron chi connectivity index (χ3n) is 5.96. The smallest absolute Gasteiger partial charge is 0.227 e. The topological polar surface area (TPSA) is 32.3 Å². The minimum Gasteiger partial charge on any atom is -0.355 e. The normalized spacial score (nSPS) is 25.0. The number of hydrogen-bond donors (Lipinski definition) is 1. The Hall–Kier alpha value is -1.42. The summed E-state index contributed by atoms with van der Waals surface area (Å²) in [7, 11) is 0. The lowest BCUT2D eigenvalue weighted by molar-refractivity contribution is -0.130. The fourth-order valence-electron chi connectivity index (χ4n) is 4.59. The van der Waals surface area contributed by atoms with Crippen LogP contribution in [0.3, 0.4) is 0 Å². The van der Waals surface area contributed by atoms with E-state index in [1.165, 1.54) is 25.0 Å². The highest BCUT2D eigenvalue weighted by Gasteiger charge is 2.51. The van der Waals surface area contributed by atoms with E-state index in [9.17, 15) is 9.18 Å². The Morgan fingerprint density at radius 3 is 2.58 bits per heavy atom. The number of carbonyl (C=O) groups is 1. The van der Waals surface area contributed by atoms with Gasteiger partial charge in [-0.3, -0.25) is 4.79 Å². The number of piperidine rings is 1. The molecule has 2 heterocycles. The fourth-order valence-corrected chi connectivity index (χ4v) is 4.59. The summed E-state index contributed by atoms with van der Waals surface area (Å²) in [6, 6.07) is 6.70. The van der Waals surface area contributed by atoms with Gasteiger partial charge in [-0.1, -0.05) is 32.4 Å². The van der Waals surface area contributed by atoms with Crippen LogP contribution in [0, 0.1) is 17.2 Å². The van der Waals surface area contributed by atoms with Gasteiger partial charge in [0.2, 0.25) is 5.91 Å². The molecule has 0 saturated carbocycles. The van der Waals surface area contributed by atoms with Crippen molar-refractivity contribution in [2.24, 2.45) is 11.3 Å². The predicted octanol–water partition coefficient (Wildman–Crippen LogP) is 3.56. The minimum atomic E-state index is -0.303. The number of hydrogen-bond acceptors (Lipinski definition) is 2. The van der Waals surface area contributed by atoms with Gasteiger partial charge >= 0.3 is 0 Å². The molecular formula is C20H29FN2O. The van der Waals surface area contributed by atoms with E-state index < -0.39 is 0 Å². The van der Waals surface area contributed by atoms with E-state index in [1.807, 2.05) is 12.1 Å². The molecule has 132 valence electrons. The van der Waals surface area contributed by atoms with Gasteiger partial charge in [0, 0.05) is 19.0 Å². The third-order valence-corrected chi connectivity index (χ3v) is 5.96. The Morgan fingerprint density at radius 1 is 1.29 bits per heavy atom. The first-order valence-corrected chi connectivity index (χ1v) is 9.31. The Kier molecular flexibility index (Phi) is 5.24. The van der Waals surface area contributed by atoms with Gasteiger partial charge in [0.25, 0.3) is 0 Å². The molecule has 2 aliphatic rings. The van der Waals surface area contributed by atoms with Gasteiger partial charge in [-0.15, -0.1) is 0 Å². The Morgan fingerprint density at radius 2 is 1.96 bits per heavy atom. The molecule has 2 aliphatic heterocycles. The molecule has 0 aliphatic carbocycles. The summed E-state index contributed by atoms with van der Waals surface area (Å²) >= 11 is 0. The second-order valence-corrected chi connectivity index (χ2v) is 7.66. The lowest BCUT2D eigenvalue weighted by Gasteiger charge is -2.41. The summed E-state index contributed by atoms with van der Waals surface area (Å²) in [5.74, 6) is 0.859. The second kappa shape index (κ2) is 7.22. The average molecular weight is 332 g/mol. The van der Waals surface area contributed by atoms with Crippen molar-refractivity contribution in [2.75, 3.05) is 26.2 Å². The van der Waals surface area contributed by atoms with Crippen LogP contribution in [0.15, 0.2) is 24.3 Å². The summed E-state index contributed by atoms with van der Waals surface area (Å²) in [4.78, 5) is 15.1. The maximum absolute atomic E-state index is 13.2. The largest absolute Gasteiger partial charge is 0.355 e. The Labute approximate surface area is 144 Å². The second-order valence-electron chi connectivity index (χ2n) is 7.66. The molecule has 24 heavy (non-hydrogen) atoms. The van der Waals surface area contributed by atoms with Crippen molar-refractivity contribution >= 4 is 5.91 Å². The molecule has 0 radical (unpaired) electrons. The number of halogens is 1. The maximum atomic E-state index is 13.2. The van der Waals surface area contributed by atoms with Crippen LogP contribution < -0.4 is 5.32 Å². The molecule has 4 heteroatoms. The highest BCUT2D eigenvalue weighted by atomic mass is 19.1. The van der Waals surface area contributed by atoms with Gasteiger partial charge in [-0.25, -0.2) is 4.39 Å². The molecule has 3 rings (SSSR count). The van der Waals surface area contributed by atoms with Crippen molar-refractivity contribution in [1.29, 1.82) is 0 Å². The van der Waals surface area contributed by atoms with Gasteiger partial charge in [-0.05, 0) is 56.0 Å². The molecule has 0 bridgehead atoms. The highest BCUT2D eigenvalue weighted by molar-refractivity contribution is 5.86. The summed E-state index contributed by atoms with van der Waals surface area (Å²) in [5.41, 5.74) is 0.782. The van der Waals surface area contributed by atoms with E-state index in [-0.39, 0.29) is 23.1 Å². The number of nitrogens with one attached hydrogen (secondary N) is 1. The first-order chi connectivity index (χ1) is 11.5. The summed E-state index contributed by atoms with van der Waals surface area (Å²) in [6.07, 6.45) is 4.30. The molecule has 1 aromatic rings. The van der Waals surface area contributed by atoms with Crippen LogP contribution in [-0.2, 0) is 4.79 Å². The van der Waals surface area contributed by atoms with Gasteiger partial charge in [0.05, 0.1) is 5.41 Å². The number of nitrogens with zero attached hydrogens (tertiary/aromatic N) is 1. The van der Waals surface area contributed by atoms with Gasteiger partial charge in [0.15, 0.2) is 0 Å². The molecule has 2 unspecified atom stereocenters. The molecule has 2 atom stereocenters. The number of amides is 1. The quantitative estimate of drug-likeness (QED) is 0.894. The first kappa shape index (κ1) is 17.4. The maximum Gasteiger partial charge on any atom is 0.227 e.